The molecule has 4 N–H and O–H groups in total. The summed E-state index contributed by atoms with van der Waals surface area (Å²) in [7, 11) is 1.41. The van der Waals surface area contributed by atoms with E-state index in [1.165, 1.54) is 25.4 Å². The maximum atomic E-state index is 14.2. The third-order valence-electron chi connectivity index (χ3n) is 3.71. The highest BCUT2D eigenvalue weighted by molar-refractivity contribution is 5.98. The molecule has 0 unspecified atom stereocenters. The monoisotopic (exact) mass is 371 g/mol. The number of anilines is 4. The zero-order valence-electron chi connectivity index (χ0n) is 14.7. The van der Waals surface area contributed by atoms with Gasteiger partial charge in [0.25, 0.3) is 5.91 Å². The largest absolute Gasteiger partial charge is 0.494 e. The summed E-state index contributed by atoms with van der Waals surface area (Å²) in [6, 6.07) is 4.34. The third-order valence-corrected chi connectivity index (χ3v) is 3.71. The SMILES string of the molecule is CCn1cc(Nc2ncc(C(N)=O)c(Nc3c(F)cccc3OC)n2)cn1. The van der Waals surface area contributed by atoms with Gasteiger partial charge in [-0.05, 0) is 19.1 Å². The number of ether oxygens (including phenoxy) is 1. The summed E-state index contributed by atoms with van der Waals surface area (Å²) in [6.45, 7) is 2.67. The minimum Gasteiger partial charge on any atom is -0.494 e. The van der Waals surface area contributed by atoms with E-state index in [2.05, 4.69) is 25.7 Å². The van der Waals surface area contributed by atoms with Crippen LogP contribution in [0.1, 0.15) is 17.3 Å². The molecule has 140 valence electrons. The van der Waals surface area contributed by atoms with Gasteiger partial charge in [0.15, 0.2) is 5.82 Å². The number of aromatic nitrogens is 4. The fraction of sp³-hybridized carbons (Fsp3) is 0.176. The Hall–Kier alpha value is -3.69. The molecule has 0 atom stereocenters. The van der Waals surface area contributed by atoms with Crippen molar-refractivity contribution < 1.29 is 13.9 Å². The fourth-order valence-electron chi connectivity index (χ4n) is 2.36. The van der Waals surface area contributed by atoms with Crippen molar-refractivity contribution >= 4 is 29.0 Å². The summed E-state index contributed by atoms with van der Waals surface area (Å²) in [5, 5.41) is 9.89. The number of carbonyl (C=O) groups is 1. The predicted molar refractivity (Wildman–Crippen MR) is 98.0 cm³/mol. The van der Waals surface area contributed by atoms with Crippen LogP contribution in [0.25, 0.3) is 0 Å². The van der Waals surface area contributed by atoms with Gasteiger partial charge in [-0.15, -0.1) is 0 Å². The molecular weight excluding hydrogens is 353 g/mol. The third kappa shape index (κ3) is 3.94. The van der Waals surface area contributed by atoms with Gasteiger partial charge in [0.1, 0.15) is 22.8 Å². The van der Waals surface area contributed by atoms with Gasteiger partial charge in [0.2, 0.25) is 5.95 Å². The molecule has 0 bridgehead atoms. The molecule has 1 amide bonds. The van der Waals surface area contributed by atoms with Crippen molar-refractivity contribution in [3.8, 4) is 5.75 Å². The van der Waals surface area contributed by atoms with Gasteiger partial charge in [-0.1, -0.05) is 6.07 Å². The number of hydrogen-bond donors (Lipinski definition) is 3. The highest BCUT2D eigenvalue weighted by atomic mass is 19.1. The lowest BCUT2D eigenvalue weighted by Gasteiger charge is -2.14. The molecule has 10 heteroatoms. The first-order chi connectivity index (χ1) is 13.0. The Morgan fingerprint density at radius 3 is 2.81 bits per heavy atom. The summed E-state index contributed by atoms with van der Waals surface area (Å²) in [5.41, 5.74) is 6.09. The Labute approximate surface area is 154 Å². The van der Waals surface area contributed by atoms with E-state index < -0.39 is 11.7 Å². The van der Waals surface area contributed by atoms with Crippen molar-refractivity contribution in [3.05, 3.63) is 48.2 Å². The van der Waals surface area contributed by atoms with Crippen molar-refractivity contribution in [1.29, 1.82) is 0 Å². The van der Waals surface area contributed by atoms with Gasteiger partial charge < -0.3 is 21.1 Å². The van der Waals surface area contributed by atoms with Crippen molar-refractivity contribution in [3.63, 3.8) is 0 Å². The number of para-hydroxylation sites is 1. The number of amides is 1. The number of nitrogens with two attached hydrogens (primary N) is 1. The number of halogens is 1. The topological polar surface area (TPSA) is 120 Å². The molecule has 0 spiro atoms. The van der Waals surface area contributed by atoms with Crippen LogP contribution in [0.5, 0.6) is 5.75 Å². The average molecular weight is 371 g/mol. The number of carbonyl (C=O) groups excluding carboxylic acids is 1. The van der Waals surface area contributed by atoms with E-state index >= 15 is 0 Å². The number of nitrogens with zero attached hydrogens (tertiary/aromatic N) is 4. The minimum atomic E-state index is -0.752. The molecule has 0 aliphatic carbocycles. The first-order valence-corrected chi connectivity index (χ1v) is 8.07. The molecule has 9 nitrogen and oxygen atoms in total. The standard InChI is InChI=1S/C17H18FN7O2/c1-3-25-9-10(7-21-25)22-17-20-8-11(15(19)26)16(24-17)23-14-12(18)5-4-6-13(14)27-2/h4-9H,3H2,1-2H3,(H2,19,26)(H2,20,22,23,24). The zero-order valence-corrected chi connectivity index (χ0v) is 14.7. The van der Waals surface area contributed by atoms with E-state index in [1.54, 1.807) is 23.1 Å². The Morgan fingerprint density at radius 1 is 1.33 bits per heavy atom. The van der Waals surface area contributed by atoms with Crippen LogP contribution in [0, 0.1) is 5.82 Å². The molecule has 0 fully saturated rings. The first kappa shape index (κ1) is 18.1. The molecule has 0 aliphatic heterocycles. The van der Waals surface area contributed by atoms with Gasteiger partial charge in [0, 0.05) is 18.9 Å². The second kappa shape index (κ2) is 7.68. The van der Waals surface area contributed by atoms with E-state index in [9.17, 15) is 9.18 Å². The Bertz CT molecular complexity index is 974. The molecule has 0 saturated carbocycles. The van der Waals surface area contributed by atoms with Crippen LogP contribution in [0.4, 0.5) is 27.5 Å². The summed E-state index contributed by atoms with van der Waals surface area (Å²) >= 11 is 0. The van der Waals surface area contributed by atoms with E-state index in [0.717, 1.165) is 0 Å². The van der Waals surface area contributed by atoms with Crippen LogP contribution in [-0.4, -0.2) is 32.8 Å². The first-order valence-electron chi connectivity index (χ1n) is 8.07. The van der Waals surface area contributed by atoms with Crippen molar-refractivity contribution in [2.24, 2.45) is 5.73 Å². The van der Waals surface area contributed by atoms with Gasteiger partial charge in [0.05, 0.1) is 19.0 Å². The lowest BCUT2D eigenvalue weighted by Crippen LogP contribution is -2.16. The summed E-state index contributed by atoms with van der Waals surface area (Å²) < 4.78 is 21.1. The molecule has 0 saturated heterocycles. The number of nitrogens with one attached hydrogen (secondary N) is 2. The summed E-state index contributed by atoms with van der Waals surface area (Å²) in [4.78, 5) is 20.0. The number of methoxy groups -OCH3 is 1. The van der Waals surface area contributed by atoms with Crippen molar-refractivity contribution in [2.75, 3.05) is 17.7 Å². The van der Waals surface area contributed by atoms with Crippen LogP contribution >= 0.6 is 0 Å². The lowest BCUT2D eigenvalue weighted by molar-refractivity contribution is 0.100. The van der Waals surface area contributed by atoms with E-state index in [4.69, 9.17) is 10.5 Å². The maximum absolute atomic E-state index is 14.2. The molecule has 3 aromatic rings. The second-order valence-corrected chi connectivity index (χ2v) is 5.47. The van der Waals surface area contributed by atoms with Gasteiger partial charge >= 0.3 is 0 Å². The fourth-order valence-corrected chi connectivity index (χ4v) is 2.36. The van der Waals surface area contributed by atoms with Crippen molar-refractivity contribution in [1.82, 2.24) is 19.7 Å². The Morgan fingerprint density at radius 2 is 2.15 bits per heavy atom. The van der Waals surface area contributed by atoms with E-state index in [1.807, 2.05) is 6.92 Å². The highest BCUT2D eigenvalue weighted by Gasteiger charge is 2.17. The normalized spacial score (nSPS) is 10.5. The van der Waals surface area contributed by atoms with Crippen LogP contribution in [0.3, 0.4) is 0 Å². The molecule has 1 aromatic carbocycles. The molecule has 0 radical (unpaired) electrons. The maximum Gasteiger partial charge on any atom is 0.254 e. The van der Waals surface area contributed by atoms with E-state index in [-0.39, 0.29) is 28.8 Å². The van der Waals surface area contributed by atoms with E-state index in [0.29, 0.717) is 12.2 Å². The second-order valence-electron chi connectivity index (χ2n) is 5.47. The van der Waals surface area contributed by atoms with Crippen LogP contribution < -0.4 is 21.1 Å². The average Bonchev–Trinajstić information content (AvgIpc) is 3.11. The van der Waals surface area contributed by atoms with Crippen LogP contribution in [-0.2, 0) is 6.54 Å². The highest BCUT2D eigenvalue weighted by Crippen LogP contribution is 2.31. The number of hydrogen-bond acceptors (Lipinski definition) is 7. The van der Waals surface area contributed by atoms with Crippen molar-refractivity contribution in [2.45, 2.75) is 13.5 Å². The molecule has 27 heavy (non-hydrogen) atoms. The molecule has 2 heterocycles. The van der Waals surface area contributed by atoms with Crippen LogP contribution in [0.2, 0.25) is 0 Å². The minimum absolute atomic E-state index is 0.00936. The van der Waals surface area contributed by atoms with Crippen LogP contribution in [0.15, 0.2) is 36.8 Å². The Balaban J connectivity index is 1.96. The Kier molecular flexibility index (Phi) is 5.15. The number of benzene rings is 1. The smallest absolute Gasteiger partial charge is 0.254 e. The predicted octanol–water partition coefficient (Wildman–Crippen LogP) is 2.43. The number of rotatable bonds is 7. The quantitative estimate of drug-likeness (QED) is 0.583. The summed E-state index contributed by atoms with van der Waals surface area (Å²) in [5.74, 6) is -0.831. The molecular formula is C17H18FN7O2. The number of aryl methyl sites for hydroxylation is 1. The molecule has 0 aliphatic rings. The molecule has 2 aromatic heterocycles. The molecule has 3 rings (SSSR count). The van der Waals surface area contributed by atoms with Gasteiger partial charge in [-0.25, -0.2) is 9.37 Å². The zero-order chi connectivity index (χ0) is 19.4. The summed E-state index contributed by atoms with van der Waals surface area (Å²) in [6.07, 6.45) is 4.65. The van der Waals surface area contributed by atoms with Gasteiger partial charge in [-0.2, -0.15) is 10.1 Å². The van der Waals surface area contributed by atoms with Gasteiger partial charge in [-0.3, -0.25) is 9.48 Å². The lowest BCUT2D eigenvalue weighted by atomic mass is 10.2. The number of primary amides is 1.